The van der Waals surface area contributed by atoms with E-state index < -0.39 is 0 Å². The van der Waals surface area contributed by atoms with Gasteiger partial charge < -0.3 is 14.5 Å². The molecule has 5 nitrogen and oxygen atoms in total. The Morgan fingerprint density at radius 2 is 2.06 bits per heavy atom. The van der Waals surface area contributed by atoms with Gasteiger partial charge in [0.05, 0.1) is 7.11 Å². The monoisotopic (exact) mass is 272 g/mol. The van der Waals surface area contributed by atoms with Crippen molar-refractivity contribution in [2.45, 2.75) is 19.9 Å². The Morgan fingerprint density at radius 3 is 2.56 bits per heavy atom. The quantitative estimate of drug-likeness (QED) is 0.740. The third kappa shape index (κ3) is 3.46. The molecule has 0 amide bonds. The first-order valence-corrected chi connectivity index (χ1v) is 6.34. The summed E-state index contributed by atoms with van der Waals surface area (Å²) >= 11 is 6.03. The summed E-state index contributed by atoms with van der Waals surface area (Å²) in [7, 11) is 5.68. The molecule has 0 radical (unpaired) electrons. The number of nitrogens with zero attached hydrogens (tertiary/aromatic N) is 4. The van der Waals surface area contributed by atoms with Crippen LogP contribution in [0.2, 0.25) is 5.15 Å². The van der Waals surface area contributed by atoms with Gasteiger partial charge in [0.15, 0.2) is 16.7 Å². The van der Waals surface area contributed by atoms with Gasteiger partial charge in [-0.1, -0.05) is 11.6 Å². The largest absolute Gasteiger partial charge is 0.490 e. The van der Waals surface area contributed by atoms with E-state index in [1.54, 1.807) is 7.11 Å². The lowest BCUT2D eigenvalue weighted by molar-refractivity contribution is 0.367. The van der Waals surface area contributed by atoms with E-state index in [1.807, 2.05) is 0 Å². The van der Waals surface area contributed by atoms with Crippen LogP contribution in [-0.4, -0.2) is 55.2 Å². The molecule has 1 rings (SSSR count). The van der Waals surface area contributed by atoms with Crippen molar-refractivity contribution in [1.82, 2.24) is 14.9 Å². The van der Waals surface area contributed by atoms with E-state index in [0.29, 0.717) is 16.9 Å². The number of ether oxygens (including phenoxy) is 1. The fourth-order valence-electron chi connectivity index (χ4n) is 2.02. The van der Waals surface area contributed by atoms with Gasteiger partial charge in [-0.25, -0.2) is 9.97 Å². The fraction of sp³-hybridized carbons (Fsp3) is 0.667. The van der Waals surface area contributed by atoms with Crippen LogP contribution in [0, 0.1) is 0 Å². The van der Waals surface area contributed by atoms with Crippen LogP contribution >= 0.6 is 11.6 Å². The van der Waals surface area contributed by atoms with E-state index in [1.165, 1.54) is 6.33 Å². The zero-order valence-corrected chi connectivity index (χ0v) is 12.4. The maximum Gasteiger partial charge on any atom is 0.199 e. The molecule has 0 spiro atoms. The Kier molecular flexibility index (Phi) is 5.62. The Balaban J connectivity index is 3.05. The van der Waals surface area contributed by atoms with E-state index in [4.69, 9.17) is 16.3 Å². The normalized spacial score (nSPS) is 12.6. The van der Waals surface area contributed by atoms with Crippen molar-refractivity contribution in [3.05, 3.63) is 11.5 Å². The van der Waals surface area contributed by atoms with Crippen LogP contribution in [0.1, 0.15) is 13.8 Å². The van der Waals surface area contributed by atoms with Gasteiger partial charge in [0.25, 0.3) is 0 Å². The zero-order chi connectivity index (χ0) is 13.7. The van der Waals surface area contributed by atoms with Crippen molar-refractivity contribution in [3.8, 4) is 5.75 Å². The summed E-state index contributed by atoms with van der Waals surface area (Å²) in [4.78, 5) is 12.5. The highest BCUT2D eigenvalue weighted by molar-refractivity contribution is 6.31. The van der Waals surface area contributed by atoms with Gasteiger partial charge in [-0.2, -0.15) is 0 Å². The lowest BCUT2D eigenvalue weighted by atomic mass is 10.2. The molecule has 0 aliphatic carbocycles. The number of halogens is 1. The minimum Gasteiger partial charge on any atom is -0.490 e. The molecule has 1 heterocycles. The molecule has 1 aromatic rings. The van der Waals surface area contributed by atoms with Gasteiger partial charge in [-0.15, -0.1) is 0 Å². The summed E-state index contributed by atoms with van der Waals surface area (Å²) in [6.45, 7) is 6.00. The average Bonchev–Trinajstić information content (AvgIpc) is 2.29. The fourth-order valence-corrected chi connectivity index (χ4v) is 2.23. The molecule has 0 saturated heterocycles. The predicted octanol–water partition coefficient (Wildman–Crippen LogP) is 1.91. The van der Waals surface area contributed by atoms with Crippen molar-refractivity contribution in [1.29, 1.82) is 0 Å². The van der Waals surface area contributed by atoms with E-state index in [0.717, 1.165) is 18.9 Å². The van der Waals surface area contributed by atoms with Crippen molar-refractivity contribution in [2.24, 2.45) is 0 Å². The predicted molar refractivity (Wildman–Crippen MR) is 74.6 cm³/mol. The molecule has 0 fully saturated rings. The second-order valence-electron chi connectivity index (χ2n) is 4.42. The standard InChI is InChI=1S/C12H21ClN4O/c1-6-17(9(2)7-16(3)4)12-10(18-5)11(13)14-8-15-12/h8-9H,6-7H2,1-5H3. The summed E-state index contributed by atoms with van der Waals surface area (Å²) in [6.07, 6.45) is 1.46. The highest BCUT2D eigenvalue weighted by Crippen LogP contribution is 2.32. The third-order valence-corrected chi connectivity index (χ3v) is 2.99. The van der Waals surface area contributed by atoms with Crippen LogP contribution in [-0.2, 0) is 0 Å². The molecule has 6 heteroatoms. The first-order chi connectivity index (χ1) is 8.51. The molecule has 1 atom stereocenters. The highest BCUT2D eigenvalue weighted by atomic mass is 35.5. The van der Waals surface area contributed by atoms with Gasteiger partial charge in [-0.05, 0) is 27.9 Å². The topological polar surface area (TPSA) is 41.5 Å². The number of methoxy groups -OCH3 is 1. The average molecular weight is 273 g/mol. The molecular weight excluding hydrogens is 252 g/mol. The number of rotatable bonds is 6. The van der Waals surface area contributed by atoms with Crippen LogP contribution in [0.15, 0.2) is 6.33 Å². The molecule has 0 saturated carbocycles. The molecule has 18 heavy (non-hydrogen) atoms. The lowest BCUT2D eigenvalue weighted by Crippen LogP contribution is -2.40. The smallest absolute Gasteiger partial charge is 0.199 e. The summed E-state index contributed by atoms with van der Waals surface area (Å²) in [5.41, 5.74) is 0. The van der Waals surface area contributed by atoms with E-state index >= 15 is 0 Å². The summed E-state index contributed by atoms with van der Waals surface area (Å²) in [5.74, 6) is 1.28. The first-order valence-electron chi connectivity index (χ1n) is 5.97. The van der Waals surface area contributed by atoms with Crippen molar-refractivity contribution >= 4 is 17.4 Å². The summed E-state index contributed by atoms with van der Waals surface area (Å²) in [5, 5.41) is 0.345. The number of hydrogen-bond acceptors (Lipinski definition) is 5. The van der Waals surface area contributed by atoms with Crippen LogP contribution in [0.5, 0.6) is 5.75 Å². The second kappa shape index (κ2) is 6.75. The van der Waals surface area contributed by atoms with Crippen molar-refractivity contribution in [2.75, 3.05) is 39.2 Å². The van der Waals surface area contributed by atoms with E-state index in [9.17, 15) is 0 Å². The molecule has 0 N–H and O–H groups in total. The minimum absolute atomic E-state index is 0.310. The van der Waals surface area contributed by atoms with Gasteiger partial charge in [0, 0.05) is 19.1 Å². The number of aromatic nitrogens is 2. The van der Waals surface area contributed by atoms with Gasteiger partial charge in [0.1, 0.15) is 6.33 Å². The van der Waals surface area contributed by atoms with E-state index in [2.05, 4.69) is 47.7 Å². The van der Waals surface area contributed by atoms with Gasteiger partial charge in [-0.3, -0.25) is 0 Å². The second-order valence-corrected chi connectivity index (χ2v) is 4.78. The Bertz CT molecular complexity index is 386. The SMILES string of the molecule is CCN(c1ncnc(Cl)c1OC)C(C)CN(C)C. The number of likely N-dealkylation sites (N-methyl/N-ethyl adjacent to an activating group) is 2. The maximum atomic E-state index is 6.03. The molecule has 0 aliphatic rings. The Hall–Kier alpha value is -1.07. The first kappa shape index (κ1) is 15.0. The van der Waals surface area contributed by atoms with Gasteiger partial charge in [0.2, 0.25) is 0 Å². The van der Waals surface area contributed by atoms with Gasteiger partial charge >= 0.3 is 0 Å². The maximum absolute atomic E-state index is 6.03. The lowest BCUT2D eigenvalue weighted by Gasteiger charge is -2.31. The van der Waals surface area contributed by atoms with Crippen LogP contribution in [0.25, 0.3) is 0 Å². The molecular formula is C12H21ClN4O. The van der Waals surface area contributed by atoms with E-state index in [-0.39, 0.29) is 0 Å². The van der Waals surface area contributed by atoms with Crippen LogP contribution in [0.3, 0.4) is 0 Å². The van der Waals surface area contributed by atoms with Crippen molar-refractivity contribution in [3.63, 3.8) is 0 Å². The summed E-state index contributed by atoms with van der Waals surface area (Å²) < 4.78 is 5.30. The molecule has 1 aromatic heterocycles. The van der Waals surface area contributed by atoms with Crippen LogP contribution < -0.4 is 9.64 Å². The Morgan fingerprint density at radius 1 is 1.39 bits per heavy atom. The third-order valence-electron chi connectivity index (χ3n) is 2.72. The van der Waals surface area contributed by atoms with Crippen molar-refractivity contribution < 1.29 is 4.74 Å². The van der Waals surface area contributed by atoms with Crippen LogP contribution in [0.4, 0.5) is 5.82 Å². The highest BCUT2D eigenvalue weighted by Gasteiger charge is 2.20. The summed E-state index contributed by atoms with van der Waals surface area (Å²) in [6, 6.07) is 0.310. The number of anilines is 1. The molecule has 0 aromatic carbocycles. The Labute approximate surface area is 114 Å². The molecule has 0 bridgehead atoms. The molecule has 0 aliphatic heterocycles. The zero-order valence-electron chi connectivity index (χ0n) is 11.6. The minimum atomic E-state index is 0.310. The molecule has 102 valence electrons. The number of hydrogen-bond donors (Lipinski definition) is 0. The molecule has 1 unspecified atom stereocenters.